The summed E-state index contributed by atoms with van der Waals surface area (Å²) in [7, 11) is 1.74. The summed E-state index contributed by atoms with van der Waals surface area (Å²) in [4.78, 5) is 12.5. The molecule has 2 aliphatic carbocycles. The Bertz CT molecular complexity index is 929. The van der Waals surface area contributed by atoms with Crippen LogP contribution in [-0.4, -0.2) is 32.8 Å². The Balaban J connectivity index is 1.61. The summed E-state index contributed by atoms with van der Waals surface area (Å²) in [6.45, 7) is 0. The van der Waals surface area contributed by atoms with Gasteiger partial charge in [-0.25, -0.2) is 0 Å². The molecule has 1 heterocycles. The number of nitrogens with zero attached hydrogens (tertiary/aromatic N) is 2. The minimum Gasteiger partial charge on any atom is -0.406 e. The second-order valence-electron chi connectivity index (χ2n) is 8.24. The SMILES string of the molecule is Cn1nc(NC(=O)CC2(O)CCC2)c(C2CCC2)c1-c1ccc(OC(F)(F)F)cc1. The van der Waals surface area contributed by atoms with Gasteiger partial charge in [-0.15, -0.1) is 13.2 Å². The molecule has 2 aromatic rings. The number of anilines is 1. The molecule has 4 rings (SSSR count). The van der Waals surface area contributed by atoms with Gasteiger partial charge >= 0.3 is 6.36 Å². The Morgan fingerprint density at radius 3 is 2.43 bits per heavy atom. The average Bonchev–Trinajstić information content (AvgIpc) is 2.87. The normalized spacial score (nSPS) is 18.4. The van der Waals surface area contributed by atoms with Crippen LogP contribution < -0.4 is 10.1 Å². The van der Waals surface area contributed by atoms with Gasteiger partial charge in [-0.3, -0.25) is 9.48 Å². The van der Waals surface area contributed by atoms with E-state index in [0.717, 1.165) is 36.9 Å². The number of rotatable bonds is 6. The van der Waals surface area contributed by atoms with E-state index in [1.807, 2.05) is 0 Å². The molecule has 0 radical (unpaired) electrons. The maximum Gasteiger partial charge on any atom is 0.573 e. The minimum atomic E-state index is -4.74. The summed E-state index contributed by atoms with van der Waals surface area (Å²) in [5.41, 5.74) is 1.42. The first-order valence-electron chi connectivity index (χ1n) is 10.1. The van der Waals surface area contributed by atoms with Crippen LogP contribution in [0, 0.1) is 0 Å². The second-order valence-corrected chi connectivity index (χ2v) is 8.24. The van der Waals surface area contributed by atoms with Gasteiger partial charge < -0.3 is 15.2 Å². The highest BCUT2D eigenvalue weighted by molar-refractivity contribution is 5.92. The number of benzene rings is 1. The van der Waals surface area contributed by atoms with Crippen LogP contribution in [0.3, 0.4) is 0 Å². The number of amides is 1. The minimum absolute atomic E-state index is 0.0342. The number of halogens is 3. The van der Waals surface area contributed by atoms with Crippen molar-refractivity contribution in [1.82, 2.24) is 9.78 Å². The molecule has 30 heavy (non-hydrogen) atoms. The van der Waals surface area contributed by atoms with E-state index in [0.29, 0.717) is 24.2 Å². The lowest BCUT2D eigenvalue weighted by atomic mass is 9.77. The molecule has 0 aliphatic heterocycles. The lowest BCUT2D eigenvalue weighted by molar-refractivity contribution is -0.274. The van der Waals surface area contributed by atoms with E-state index in [1.165, 1.54) is 12.1 Å². The number of alkyl halides is 3. The Hall–Kier alpha value is -2.55. The van der Waals surface area contributed by atoms with Crippen LogP contribution in [0.1, 0.15) is 56.4 Å². The van der Waals surface area contributed by atoms with Crippen molar-refractivity contribution >= 4 is 11.7 Å². The van der Waals surface area contributed by atoms with E-state index in [-0.39, 0.29) is 24.0 Å². The Kier molecular flexibility index (Phi) is 5.25. The van der Waals surface area contributed by atoms with Gasteiger partial charge in [0.1, 0.15) is 5.75 Å². The lowest BCUT2D eigenvalue weighted by Gasteiger charge is -2.35. The molecule has 2 N–H and O–H groups in total. The molecule has 0 saturated heterocycles. The van der Waals surface area contributed by atoms with Crippen molar-refractivity contribution in [2.75, 3.05) is 5.32 Å². The number of carbonyl (C=O) groups is 1. The molecule has 0 unspecified atom stereocenters. The predicted octanol–water partition coefficient (Wildman–Crippen LogP) is 4.50. The van der Waals surface area contributed by atoms with Gasteiger partial charge in [0.15, 0.2) is 5.82 Å². The summed E-state index contributed by atoms with van der Waals surface area (Å²) >= 11 is 0. The highest BCUT2D eigenvalue weighted by atomic mass is 19.4. The fourth-order valence-corrected chi connectivity index (χ4v) is 4.11. The van der Waals surface area contributed by atoms with E-state index in [9.17, 15) is 23.1 Å². The largest absolute Gasteiger partial charge is 0.573 e. The molecule has 1 amide bonds. The lowest BCUT2D eigenvalue weighted by Crippen LogP contribution is -2.40. The molecule has 2 saturated carbocycles. The molecule has 6 nitrogen and oxygen atoms in total. The number of carbonyl (C=O) groups excluding carboxylic acids is 1. The van der Waals surface area contributed by atoms with Crippen molar-refractivity contribution in [3.63, 3.8) is 0 Å². The average molecular weight is 423 g/mol. The van der Waals surface area contributed by atoms with Crippen LogP contribution in [-0.2, 0) is 11.8 Å². The number of aliphatic hydroxyl groups is 1. The quantitative estimate of drug-likeness (QED) is 0.718. The standard InChI is InChI=1S/C21H24F3N3O3/c1-27-18(14-6-8-15(9-7-14)30-21(22,23)24)17(13-4-2-5-13)19(26-27)25-16(28)12-20(29)10-3-11-20/h6-9,13,29H,2-5,10-12H2,1H3,(H,25,26,28). The summed E-state index contributed by atoms with van der Waals surface area (Å²) < 4.78 is 42.9. The Morgan fingerprint density at radius 1 is 1.27 bits per heavy atom. The van der Waals surface area contributed by atoms with Crippen LogP contribution in [0.15, 0.2) is 24.3 Å². The molecule has 1 aromatic carbocycles. The fraction of sp³-hybridized carbons (Fsp3) is 0.524. The molecule has 2 fully saturated rings. The molecule has 1 aromatic heterocycles. The van der Waals surface area contributed by atoms with Crippen molar-refractivity contribution in [3.8, 4) is 17.0 Å². The van der Waals surface area contributed by atoms with Crippen molar-refractivity contribution in [3.05, 3.63) is 29.8 Å². The molecule has 9 heteroatoms. The number of hydrogen-bond acceptors (Lipinski definition) is 4. The third-order valence-corrected chi connectivity index (χ3v) is 5.99. The zero-order valence-electron chi connectivity index (χ0n) is 16.6. The first kappa shape index (κ1) is 20.7. The van der Waals surface area contributed by atoms with E-state index in [1.54, 1.807) is 23.9 Å². The zero-order valence-corrected chi connectivity index (χ0v) is 16.6. The van der Waals surface area contributed by atoms with Gasteiger partial charge in [-0.1, -0.05) is 6.42 Å². The maximum atomic E-state index is 12.5. The third-order valence-electron chi connectivity index (χ3n) is 5.99. The smallest absolute Gasteiger partial charge is 0.406 e. The topological polar surface area (TPSA) is 76.4 Å². The van der Waals surface area contributed by atoms with Gasteiger partial charge in [0.2, 0.25) is 5.91 Å². The van der Waals surface area contributed by atoms with E-state index in [4.69, 9.17) is 0 Å². The van der Waals surface area contributed by atoms with Crippen LogP contribution in [0.2, 0.25) is 0 Å². The first-order valence-corrected chi connectivity index (χ1v) is 10.1. The highest BCUT2D eigenvalue weighted by Crippen LogP contribution is 2.45. The Labute approximate surface area is 172 Å². The molecule has 162 valence electrons. The summed E-state index contributed by atoms with van der Waals surface area (Å²) in [5.74, 6) is 0.111. The van der Waals surface area contributed by atoms with Crippen molar-refractivity contribution in [2.24, 2.45) is 7.05 Å². The Morgan fingerprint density at radius 2 is 1.93 bits per heavy atom. The van der Waals surface area contributed by atoms with Gasteiger partial charge in [0.05, 0.1) is 17.7 Å². The van der Waals surface area contributed by atoms with Crippen molar-refractivity contribution in [1.29, 1.82) is 0 Å². The third kappa shape index (κ3) is 4.30. The van der Waals surface area contributed by atoms with Crippen molar-refractivity contribution < 1.29 is 27.8 Å². The molecule has 2 aliphatic rings. The van der Waals surface area contributed by atoms with E-state index >= 15 is 0 Å². The van der Waals surface area contributed by atoms with Crippen LogP contribution >= 0.6 is 0 Å². The number of aryl methyl sites for hydroxylation is 1. The summed E-state index contributed by atoms with van der Waals surface area (Å²) in [6, 6.07) is 5.65. The maximum absolute atomic E-state index is 12.5. The fourth-order valence-electron chi connectivity index (χ4n) is 4.11. The van der Waals surface area contributed by atoms with Crippen LogP contribution in [0.5, 0.6) is 5.75 Å². The monoisotopic (exact) mass is 423 g/mol. The molecule has 0 atom stereocenters. The van der Waals surface area contributed by atoms with Gasteiger partial charge in [0.25, 0.3) is 0 Å². The van der Waals surface area contributed by atoms with Crippen LogP contribution in [0.4, 0.5) is 19.0 Å². The zero-order chi connectivity index (χ0) is 21.5. The summed E-state index contributed by atoms with van der Waals surface area (Å²) in [5, 5.41) is 17.6. The summed E-state index contributed by atoms with van der Waals surface area (Å²) in [6.07, 6.45) is 0.440. The number of ether oxygens (including phenoxy) is 1. The molecular weight excluding hydrogens is 399 g/mol. The van der Waals surface area contributed by atoms with E-state index < -0.39 is 12.0 Å². The number of hydrogen-bond donors (Lipinski definition) is 2. The first-order chi connectivity index (χ1) is 14.1. The molecule has 0 spiro atoms. The van der Waals surface area contributed by atoms with E-state index in [2.05, 4.69) is 15.2 Å². The second kappa shape index (κ2) is 7.61. The highest BCUT2D eigenvalue weighted by Gasteiger charge is 2.37. The van der Waals surface area contributed by atoms with Crippen molar-refractivity contribution in [2.45, 2.75) is 62.8 Å². The van der Waals surface area contributed by atoms with Gasteiger partial charge in [0, 0.05) is 18.2 Å². The van der Waals surface area contributed by atoms with Crippen LogP contribution in [0.25, 0.3) is 11.3 Å². The number of aromatic nitrogens is 2. The van der Waals surface area contributed by atoms with Gasteiger partial charge in [-0.05, 0) is 62.3 Å². The molecule has 0 bridgehead atoms. The van der Waals surface area contributed by atoms with Gasteiger partial charge in [-0.2, -0.15) is 5.10 Å². The molecular formula is C21H24F3N3O3. The number of nitrogens with one attached hydrogen (secondary N) is 1. The predicted molar refractivity (Wildman–Crippen MR) is 104 cm³/mol.